The molecule has 0 bridgehead atoms. The molecule has 0 aliphatic heterocycles. The maximum Gasteiger partial charge on any atom is 0.269 e. The average molecular weight is 421 g/mol. The molecule has 162 valence electrons. The Balaban J connectivity index is 1.31. The number of benzene rings is 2. The van der Waals surface area contributed by atoms with E-state index in [2.05, 4.69) is 18.1 Å². The number of hydrogen-bond acceptors (Lipinski definition) is 5. The molecule has 6 heteroatoms. The monoisotopic (exact) mass is 420 g/mol. The first-order valence-corrected chi connectivity index (χ1v) is 11.2. The summed E-state index contributed by atoms with van der Waals surface area (Å²) < 4.78 is 0. The summed E-state index contributed by atoms with van der Waals surface area (Å²) in [5.41, 5.74) is 4.80. The molecule has 0 aromatic heterocycles. The van der Waals surface area contributed by atoms with Gasteiger partial charge in [0.15, 0.2) is 0 Å². The number of nitro groups is 1. The predicted octanol–water partition coefficient (Wildman–Crippen LogP) is 5.73. The maximum atomic E-state index is 11.0. The van der Waals surface area contributed by atoms with Gasteiger partial charge < -0.3 is 9.94 Å². The van der Waals surface area contributed by atoms with Gasteiger partial charge in [0.05, 0.1) is 10.6 Å². The van der Waals surface area contributed by atoms with Crippen LogP contribution in [0.2, 0.25) is 0 Å². The molecule has 0 radical (unpaired) electrons. The van der Waals surface area contributed by atoms with E-state index in [-0.39, 0.29) is 22.6 Å². The molecule has 2 fully saturated rings. The van der Waals surface area contributed by atoms with Crippen LogP contribution >= 0.6 is 0 Å². The molecule has 0 spiro atoms. The molecular weight excluding hydrogens is 392 g/mol. The number of non-ortho nitro benzene ring substituents is 1. The summed E-state index contributed by atoms with van der Waals surface area (Å²) in [5, 5.41) is 25.4. The van der Waals surface area contributed by atoms with E-state index >= 15 is 0 Å². The number of aryl methyl sites for hydroxylation is 1. The van der Waals surface area contributed by atoms with Gasteiger partial charge in [0.25, 0.3) is 5.69 Å². The van der Waals surface area contributed by atoms with Crippen molar-refractivity contribution in [1.29, 1.82) is 0 Å². The molecule has 31 heavy (non-hydrogen) atoms. The molecular formula is C25H28N2O4. The molecule has 6 nitrogen and oxygen atoms in total. The van der Waals surface area contributed by atoms with Gasteiger partial charge in [0, 0.05) is 17.5 Å². The second kappa shape index (κ2) is 7.66. The number of phenols is 1. The fourth-order valence-electron chi connectivity index (χ4n) is 6.45. The molecule has 3 aliphatic rings. The first kappa shape index (κ1) is 20.0. The van der Waals surface area contributed by atoms with Crippen molar-refractivity contribution >= 4 is 11.4 Å². The lowest BCUT2D eigenvalue weighted by Gasteiger charge is -2.49. The Morgan fingerprint density at radius 3 is 2.90 bits per heavy atom. The minimum Gasteiger partial charge on any atom is -0.508 e. The van der Waals surface area contributed by atoms with Crippen LogP contribution < -0.4 is 0 Å². The Kier molecular flexibility index (Phi) is 4.95. The van der Waals surface area contributed by atoms with Crippen molar-refractivity contribution in [3.05, 3.63) is 69.3 Å². The molecule has 3 aliphatic carbocycles. The molecule has 4 atom stereocenters. The molecule has 2 aromatic carbocycles. The number of hydrogen-bond donors (Lipinski definition) is 1. The third kappa shape index (κ3) is 3.48. The van der Waals surface area contributed by atoms with Crippen LogP contribution in [0.3, 0.4) is 0 Å². The van der Waals surface area contributed by atoms with E-state index in [0.29, 0.717) is 23.5 Å². The second-order valence-electron chi connectivity index (χ2n) is 9.53. The SMILES string of the molecule is C[C@]12CC[C@@H]3c4ccc(O)cc4CC[C@H]3[C@@H]1CC/C2=N/OCc1cccc([N+](=O)[O-])c1. The molecule has 2 aromatic rings. The fraction of sp³-hybridized carbons (Fsp3) is 0.480. The van der Waals surface area contributed by atoms with E-state index in [9.17, 15) is 15.2 Å². The lowest BCUT2D eigenvalue weighted by atomic mass is 9.55. The third-order valence-electron chi connectivity index (χ3n) is 7.98. The molecule has 5 rings (SSSR count). The zero-order valence-corrected chi connectivity index (χ0v) is 17.8. The van der Waals surface area contributed by atoms with Gasteiger partial charge in [-0.15, -0.1) is 0 Å². The van der Waals surface area contributed by atoms with Crippen molar-refractivity contribution in [1.82, 2.24) is 0 Å². The van der Waals surface area contributed by atoms with Crippen LogP contribution in [-0.2, 0) is 17.9 Å². The molecule has 0 amide bonds. The Morgan fingerprint density at radius 2 is 2.06 bits per heavy atom. The van der Waals surface area contributed by atoms with Crippen LogP contribution in [0.1, 0.15) is 61.6 Å². The van der Waals surface area contributed by atoms with Crippen molar-refractivity contribution < 1.29 is 14.9 Å². The second-order valence-corrected chi connectivity index (χ2v) is 9.53. The van der Waals surface area contributed by atoms with Gasteiger partial charge in [-0.1, -0.05) is 30.3 Å². The highest BCUT2D eigenvalue weighted by Gasteiger charge is 2.53. The number of nitrogens with zero attached hydrogens (tertiary/aromatic N) is 2. The summed E-state index contributed by atoms with van der Waals surface area (Å²) in [6.07, 6.45) is 6.54. The van der Waals surface area contributed by atoms with E-state index in [0.717, 1.165) is 43.4 Å². The number of oxime groups is 1. The molecule has 0 saturated heterocycles. The maximum absolute atomic E-state index is 11.0. The van der Waals surface area contributed by atoms with Crippen molar-refractivity contribution in [2.75, 3.05) is 0 Å². The summed E-state index contributed by atoms with van der Waals surface area (Å²) in [4.78, 5) is 16.3. The standard InChI is InChI=1S/C25H28N2O4/c1-25-12-11-21-20-8-6-19(28)14-17(20)5-7-22(21)23(25)9-10-24(25)26-31-15-16-3-2-4-18(13-16)27(29)30/h2-4,6,8,13-14,21-23,28H,5,7,9-12,15H2,1H3/b26-24-/t21-,22-,23+,25+/m1/s1. The van der Waals surface area contributed by atoms with Crippen LogP contribution in [0, 0.1) is 27.4 Å². The number of nitro benzene ring substituents is 1. The Bertz CT molecular complexity index is 1050. The van der Waals surface area contributed by atoms with Crippen molar-refractivity contribution in [2.24, 2.45) is 22.4 Å². The van der Waals surface area contributed by atoms with Crippen LogP contribution in [-0.4, -0.2) is 15.7 Å². The highest BCUT2D eigenvalue weighted by molar-refractivity contribution is 5.92. The van der Waals surface area contributed by atoms with Crippen LogP contribution in [0.15, 0.2) is 47.6 Å². The van der Waals surface area contributed by atoms with E-state index < -0.39 is 0 Å². The largest absolute Gasteiger partial charge is 0.508 e. The molecule has 0 unspecified atom stereocenters. The van der Waals surface area contributed by atoms with Crippen LogP contribution in [0.5, 0.6) is 5.75 Å². The van der Waals surface area contributed by atoms with Gasteiger partial charge >= 0.3 is 0 Å². The summed E-state index contributed by atoms with van der Waals surface area (Å²) in [6.45, 7) is 2.59. The number of aromatic hydroxyl groups is 1. The first-order chi connectivity index (χ1) is 15.0. The zero-order chi connectivity index (χ0) is 21.6. The minimum absolute atomic E-state index is 0.0677. The van der Waals surface area contributed by atoms with E-state index in [1.807, 2.05) is 18.2 Å². The lowest BCUT2D eigenvalue weighted by Crippen LogP contribution is -2.42. The topological polar surface area (TPSA) is 85.0 Å². The highest BCUT2D eigenvalue weighted by atomic mass is 16.6. The third-order valence-corrected chi connectivity index (χ3v) is 7.98. The van der Waals surface area contributed by atoms with E-state index in [1.54, 1.807) is 12.1 Å². The number of phenolic OH excluding ortho intramolecular Hbond substituents is 1. The molecule has 0 heterocycles. The predicted molar refractivity (Wildman–Crippen MR) is 118 cm³/mol. The number of fused-ring (bicyclic) bond motifs is 5. The van der Waals surface area contributed by atoms with E-state index in [1.165, 1.54) is 23.6 Å². The lowest BCUT2D eigenvalue weighted by molar-refractivity contribution is -0.384. The summed E-state index contributed by atoms with van der Waals surface area (Å²) in [5.74, 6) is 2.20. The minimum atomic E-state index is -0.389. The van der Waals surface area contributed by atoms with Crippen molar-refractivity contribution in [3.63, 3.8) is 0 Å². The first-order valence-electron chi connectivity index (χ1n) is 11.2. The normalized spacial score (nSPS) is 30.4. The van der Waals surface area contributed by atoms with Gasteiger partial charge in [-0.25, -0.2) is 0 Å². The van der Waals surface area contributed by atoms with Crippen molar-refractivity contribution in [3.8, 4) is 5.75 Å². The Labute approximate surface area is 182 Å². The fourth-order valence-corrected chi connectivity index (χ4v) is 6.45. The smallest absolute Gasteiger partial charge is 0.269 e. The van der Waals surface area contributed by atoms with Crippen LogP contribution in [0.4, 0.5) is 5.69 Å². The van der Waals surface area contributed by atoms with Gasteiger partial charge in [0.2, 0.25) is 0 Å². The highest BCUT2D eigenvalue weighted by Crippen LogP contribution is 2.60. The Hall–Kier alpha value is -2.89. The van der Waals surface area contributed by atoms with E-state index in [4.69, 9.17) is 4.84 Å². The number of rotatable bonds is 4. The average Bonchev–Trinajstić information content (AvgIpc) is 3.10. The van der Waals surface area contributed by atoms with Gasteiger partial charge in [-0.2, -0.15) is 0 Å². The Morgan fingerprint density at radius 1 is 1.19 bits per heavy atom. The van der Waals surface area contributed by atoms with Crippen LogP contribution in [0.25, 0.3) is 0 Å². The summed E-state index contributed by atoms with van der Waals surface area (Å²) >= 11 is 0. The van der Waals surface area contributed by atoms with Gasteiger partial charge in [0.1, 0.15) is 12.4 Å². The van der Waals surface area contributed by atoms with Crippen molar-refractivity contribution in [2.45, 2.75) is 58.0 Å². The molecule has 2 saturated carbocycles. The summed E-state index contributed by atoms with van der Waals surface area (Å²) in [7, 11) is 0. The molecule has 1 N–H and O–H groups in total. The summed E-state index contributed by atoms with van der Waals surface area (Å²) in [6, 6.07) is 12.5. The van der Waals surface area contributed by atoms with Gasteiger partial charge in [-0.05, 0) is 85.1 Å². The zero-order valence-electron chi connectivity index (χ0n) is 17.8. The van der Waals surface area contributed by atoms with Gasteiger partial charge in [-0.3, -0.25) is 10.1 Å². The quantitative estimate of drug-likeness (QED) is 0.506.